The summed E-state index contributed by atoms with van der Waals surface area (Å²) in [5.41, 5.74) is -0.147. The Hall–Kier alpha value is -3.95. The average molecular weight is 843 g/mol. The highest BCUT2D eigenvalue weighted by Crippen LogP contribution is 2.59. The van der Waals surface area contributed by atoms with Crippen LogP contribution >= 0.6 is 0 Å². The van der Waals surface area contributed by atoms with E-state index in [0.717, 1.165) is 57.8 Å². The van der Waals surface area contributed by atoms with Gasteiger partial charge in [0, 0.05) is 24.3 Å². The monoisotopic (exact) mass is 842 g/mol. The number of sulfonamides is 1. The molecule has 3 heterocycles. The topological polar surface area (TPSA) is 171 Å². The molecule has 322 valence electrons. The van der Waals surface area contributed by atoms with Crippen LogP contribution in [0.2, 0.25) is 0 Å². The summed E-state index contributed by atoms with van der Waals surface area (Å²) in [6.07, 6.45) is 3.99. The molecule has 4 aliphatic carbocycles. The van der Waals surface area contributed by atoms with Crippen LogP contribution in [-0.4, -0.2) is 89.9 Å². The predicted octanol–water partition coefficient (Wildman–Crippen LogP) is 6.10. The van der Waals surface area contributed by atoms with E-state index in [0.29, 0.717) is 48.2 Å². The van der Waals surface area contributed by atoms with Crippen LogP contribution < -0.4 is 14.2 Å². The minimum Gasteiger partial charge on any atom is -0.497 e. The number of methoxy groups -OCH3 is 1. The Labute approximate surface area is 344 Å². The standard InChI is InChI=1S/C43H56F2N4O9S/c1-4-27-35-23-49(37(27)33(50)22-43(21-29(43)38(44)45)41(53)48-59(54,55)42(2)16-17-42)40(52)28(24-10-8-9-11-24)20-36(51)57-34-18-25(34)12-6-5-7-13-31-39(58-35)47-32-19-26(56-3)14-15-30(32)46-31/h14-15,19,24-25,27-29,34-35,37-38H,4-13,16-18,20-23H2,1-3H3,(H,48,53)/t25-,27-,28+,29+,34-,35+,37+,43-/m1/s1. The number of benzene rings is 1. The van der Waals surface area contributed by atoms with Gasteiger partial charge in [0.2, 0.25) is 34.1 Å². The van der Waals surface area contributed by atoms with Crippen molar-refractivity contribution in [2.75, 3.05) is 13.7 Å². The maximum atomic E-state index is 15.1. The van der Waals surface area contributed by atoms with Gasteiger partial charge >= 0.3 is 5.97 Å². The number of halogens is 2. The number of esters is 1. The van der Waals surface area contributed by atoms with Crippen molar-refractivity contribution in [1.82, 2.24) is 19.6 Å². The molecule has 6 aliphatic rings. The molecular formula is C43H56F2N4O9S. The second kappa shape index (κ2) is 16.2. The molecule has 13 nitrogen and oxygen atoms in total. The van der Waals surface area contributed by atoms with Gasteiger partial charge < -0.3 is 19.1 Å². The van der Waals surface area contributed by atoms with Gasteiger partial charge in [-0.2, -0.15) is 0 Å². The minimum atomic E-state index is -4.19. The molecule has 4 saturated carbocycles. The van der Waals surface area contributed by atoms with Crippen LogP contribution in [0, 0.1) is 35.0 Å². The van der Waals surface area contributed by atoms with E-state index in [4.69, 9.17) is 24.2 Å². The fraction of sp³-hybridized carbons (Fsp3) is 0.721. The second-order valence-corrected chi connectivity index (χ2v) is 20.5. The van der Waals surface area contributed by atoms with E-state index in [1.165, 1.54) is 11.8 Å². The number of amides is 2. The highest BCUT2D eigenvalue weighted by Gasteiger charge is 2.67. The second-order valence-electron chi connectivity index (χ2n) is 18.3. The number of Topliss-reactive ketones (excluding diaryl/α,β-unsaturated/α-hetero) is 1. The summed E-state index contributed by atoms with van der Waals surface area (Å²) in [7, 11) is -2.63. The van der Waals surface area contributed by atoms with Crippen LogP contribution in [-0.2, 0) is 40.4 Å². The van der Waals surface area contributed by atoms with Gasteiger partial charge in [0.25, 0.3) is 0 Å². The van der Waals surface area contributed by atoms with E-state index in [9.17, 15) is 31.6 Å². The molecule has 0 unspecified atom stereocenters. The molecule has 8 rings (SSSR count). The molecule has 1 aromatic carbocycles. The number of aryl methyl sites for hydroxylation is 1. The normalized spacial score (nSPS) is 32.3. The van der Waals surface area contributed by atoms with Gasteiger partial charge in [-0.25, -0.2) is 27.2 Å². The van der Waals surface area contributed by atoms with Gasteiger partial charge in [0.05, 0.1) is 53.2 Å². The molecule has 1 saturated heterocycles. The molecule has 1 N–H and O–H groups in total. The lowest BCUT2D eigenvalue weighted by molar-refractivity contribution is -0.153. The first-order valence-electron chi connectivity index (χ1n) is 21.6. The molecule has 5 fully saturated rings. The van der Waals surface area contributed by atoms with Crippen molar-refractivity contribution in [2.45, 2.75) is 146 Å². The average Bonchev–Trinajstić information content (AvgIpc) is 4.15. The van der Waals surface area contributed by atoms with Crippen LogP contribution in [0.15, 0.2) is 18.2 Å². The van der Waals surface area contributed by atoms with Gasteiger partial charge in [-0.15, -0.1) is 0 Å². The van der Waals surface area contributed by atoms with Crippen LogP contribution in [0.4, 0.5) is 8.78 Å². The van der Waals surface area contributed by atoms with Crippen molar-refractivity contribution in [3.8, 4) is 11.6 Å². The molecule has 1 aromatic heterocycles. The number of rotatable bonds is 10. The van der Waals surface area contributed by atoms with Crippen molar-refractivity contribution in [3.63, 3.8) is 0 Å². The first-order valence-corrected chi connectivity index (χ1v) is 23.0. The number of ether oxygens (including phenoxy) is 3. The number of hydrogen-bond acceptors (Lipinski definition) is 11. The first-order chi connectivity index (χ1) is 28.2. The predicted molar refractivity (Wildman–Crippen MR) is 211 cm³/mol. The molecule has 0 radical (unpaired) electrons. The first kappa shape index (κ1) is 41.8. The molecule has 2 amide bonds. The van der Waals surface area contributed by atoms with Gasteiger partial charge in [0.1, 0.15) is 23.7 Å². The number of aromatic nitrogens is 2. The van der Waals surface area contributed by atoms with E-state index < -0.39 is 86.5 Å². The highest BCUT2D eigenvalue weighted by molar-refractivity contribution is 7.91. The number of nitrogens with one attached hydrogen (secondary N) is 1. The number of nitrogens with zero attached hydrogens (tertiary/aromatic N) is 3. The van der Waals surface area contributed by atoms with Crippen LogP contribution in [0.3, 0.4) is 0 Å². The third-order valence-corrected chi connectivity index (χ3v) is 16.5. The number of fused-ring (bicyclic) bond motifs is 5. The molecule has 0 spiro atoms. The lowest BCUT2D eigenvalue weighted by Gasteiger charge is -2.32. The van der Waals surface area contributed by atoms with Gasteiger partial charge in [-0.05, 0) is 95.1 Å². The zero-order chi connectivity index (χ0) is 41.9. The van der Waals surface area contributed by atoms with Gasteiger partial charge in [0.15, 0.2) is 5.78 Å². The van der Waals surface area contributed by atoms with Gasteiger partial charge in [-0.1, -0.05) is 32.6 Å². The summed E-state index contributed by atoms with van der Waals surface area (Å²) in [6, 6.07) is 4.19. The quantitative estimate of drug-likeness (QED) is 0.274. The van der Waals surface area contributed by atoms with Crippen molar-refractivity contribution >= 4 is 44.6 Å². The zero-order valence-corrected chi connectivity index (χ0v) is 34.9. The lowest BCUT2D eigenvalue weighted by atomic mass is 9.84. The van der Waals surface area contributed by atoms with Crippen LogP contribution in [0.1, 0.15) is 116 Å². The number of hydrogen-bond donors (Lipinski definition) is 1. The van der Waals surface area contributed by atoms with Crippen LogP contribution in [0.5, 0.6) is 11.6 Å². The Morgan fingerprint density at radius 3 is 2.41 bits per heavy atom. The summed E-state index contributed by atoms with van der Waals surface area (Å²) < 4.78 is 74.2. The summed E-state index contributed by atoms with van der Waals surface area (Å²) in [5.74, 6) is -4.60. The molecule has 2 bridgehead atoms. The third-order valence-electron chi connectivity index (χ3n) is 14.4. The number of carbonyl (C=O) groups excluding carboxylic acids is 4. The summed E-state index contributed by atoms with van der Waals surface area (Å²) in [6.45, 7) is 3.28. The minimum absolute atomic E-state index is 0.0574. The van der Waals surface area contributed by atoms with E-state index >= 15 is 4.79 Å². The zero-order valence-electron chi connectivity index (χ0n) is 34.1. The molecule has 2 aliphatic heterocycles. The fourth-order valence-corrected chi connectivity index (χ4v) is 11.4. The Bertz CT molecular complexity index is 2090. The Morgan fingerprint density at radius 2 is 1.73 bits per heavy atom. The number of ketones is 1. The SMILES string of the molecule is CC[C@@H]1[C@@H]2CN(C(=O)[C@H](C3CCCC3)CC(=O)O[C@@H]3C[C@H]3CCCCCc3nc4ccc(OC)cc4nc3O2)[C@@H]1C(=O)C[C@]1(C(=O)NS(=O)(=O)C2(C)CC2)C[C@H]1C(F)F. The molecule has 2 aromatic rings. The smallest absolute Gasteiger partial charge is 0.306 e. The van der Waals surface area contributed by atoms with E-state index in [2.05, 4.69) is 4.72 Å². The van der Waals surface area contributed by atoms with E-state index in [-0.39, 0.29) is 43.2 Å². The van der Waals surface area contributed by atoms with E-state index in [1.54, 1.807) is 13.2 Å². The molecule has 59 heavy (non-hydrogen) atoms. The summed E-state index contributed by atoms with van der Waals surface area (Å²) in [4.78, 5) is 68.6. The van der Waals surface area contributed by atoms with Crippen molar-refractivity contribution in [3.05, 3.63) is 23.9 Å². The van der Waals surface area contributed by atoms with Crippen LogP contribution in [0.25, 0.3) is 11.0 Å². The summed E-state index contributed by atoms with van der Waals surface area (Å²) >= 11 is 0. The Balaban J connectivity index is 1.16. The Morgan fingerprint density at radius 1 is 1.00 bits per heavy atom. The largest absolute Gasteiger partial charge is 0.497 e. The number of carbonyl (C=O) groups is 4. The lowest BCUT2D eigenvalue weighted by Crippen LogP contribution is -2.49. The van der Waals surface area contributed by atoms with Crippen molar-refractivity contribution in [1.29, 1.82) is 0 Å². The van der Waals surface area contributed by atoms with Gasteiger partial charge in [-0.3, -0.25) is 23.9 Å². The molecule has 8 atom stereocenters. The third kappa shape index (κ3) is 8.27. The van der Waals surface area contributed by atoms with E-state index in [1.807, 2.05) is 19.1 Å². The Kier molecular flexibility index (Phi) is 11.4. The van der Waals surface area contributed by atoms with Crippen molar-refractivity contribution < 1.29 is 50.6 Å². The fourth-order valence-electron chi connectivity index (χ4n) is 10.1. The maximum absolute atomic E-state index is 15.1. The van der Waals surface area contributed by atoms with Crippen molar-refractivity contribution in [2.24, 2.45) is 35.0 Å². The highest BCUT2D eigenvalue weighted by atomic mass is 32.2. The molecular weight excluding hydrogens is 787 g/mol. The summed E-state index contributed by atoms with van der Waals surface area (Å²) in [5, 5.41) is 0. The number of alkyl halides is 2. The maximum Gasteiger partial charge on any atom is 0.306 e. The molecule has 16 heteroatoms.